The van der Waals surface area contributed by atoms with E-state index in [1.807, 2.05) is 0 Å². The van der Waals surface area contributed by atoms with Crippen molar-refractivity contribution in [1.82, 2.24) is 4.90 Å². The molecule has 1 aliphatic heterocycles. The van der Waals surface area contributed by atoms with E-state index in [0.717, 1.165) is 19.0 Å². The summed E-state index contributed by atoms with van der Waals surface area (Å²) < 4.78 is 0. The molecule has 0 saturated carbocycles. The monoisotopic (exact) mass is 201 g/mol. The smallest absolute Gasteiger partial charge is 0.0366 e. The molecule has 0 spiro atoms. The van der Waals surface area contributed by atoms with Crippen LogP contribution in [0.2, 0.25) is 0 Å². The van der Waals surface area contributed by atoms with Gasteiger partial charge in [-0.1, -0.05) is 43.8 Å². The highest BCUT2D eigenvalue weighted by Crippen LogP contribution is 2.24. The molecular weight excluding hydrogens is 182 g/mol. The van der Waals surface area contributed by atoms with Gasteiger partial charge in [-0.2, -0.15) is 0 Å². The second-order valence-electron chi connectivity index (χ2n) is 4.48. The molecule has 1 heterocycles. The van der Waals surface area contributed by atoms with E-state index in [1.54, 1.807) is 0 Å². The lowest BCUT2D eigenvalue weighted by molar-refractivity contribution is 0.268. The van der Waals surface area contributed by atoms with Crippen LogP contribution < -0.4 is 0 Å². The summed E-state index contributed by atoms with van der Waals surface area (Å²) in [7, 11) is 0. The van der Waals surface area contributed by atoms with Gasteiger partial charge in [-0.25, -0.2) is 0 Å². The fourth-order valence-corrected chi connectivity index (χ4v) is 2.09. The van der Waals surface area contributed by atoms with Gasteiger partial charge < -0.3 is 4.90 Å². The van der Waals surface area contributed by atoms with Gasteiger partial charge in [0.2, 0.25) is 0 Å². The predicted molar refractivity (Wildman–Crippen MR) is 65.4 cm³/mol. The number of nitrogens with zero attached hydrogens (tertiary/aromatic N) is 1. The summed E-state index contributed by atoms with van der Waals surface area (Å²) in [5, 5.41) is 0. The van der Waals surface area contributed by atoms with Crippen LogP contribution >= 0.6 is 0 Å². The van der Waals surface area contributed by atoms with Crippen LogP contribution in [0.1, 0.15) is 25.3 Å². The molecule has 15 heavy (non-hydrogen) atoms. The van der Waals surface area contributed by atoms with Gasteiger partial charge in [0.25, 0.3) is 0 Å². The van der Waals surface area contributed by atoms with Crippen molar-refractivity contribution >= 4 is 5.70 Å². The zero-order chi connectivity index (χ0) is 10.7. The number of piperidine rings is 1. The SMILES string of the molecule is C=C(c1ccccc1)N1CCC(C)CC1. The Morgan fingerprint density at radius 1 is 1.20 bits per heavy atom. The quantitative estimate of drug-likeness (QED) is 0.709. The van der Waals surface area contributed by atoms with E-state index < -0.39 is 0 Å². The highest BCUT2D eigenvalue weighted by Gasteiger charge is 2.17. The van der Waals surface area contributed by atoms with Crippen molar-refractivity contribution in [1.29, 1.82) is 0 Å². The maximum atomic E-state index is 4.20. The third-order valence-corrected chi connectivity index (χ3v) is 3.27. The van der Waals surface area contributed by atoms with E-state index in [0.29, 0.717) is 0 Å². The minimum atomic E-state index is 0.879. The maximum absolute atomic E-state index is 4.20. The van der Waals surface area contributed by atoms with Gasteiger partial charge >= 0.3 is 0 Å². The van der Waals surface area contributed by atoms with Crippen LogP contribution in [0.5, 0.6) is 0 Å². The van der Waals surface area contributed by atoms with Crippen LogP contribution in [0.4, 0.5) is 0 Å². The van der Waals surface area contributed by atoms with Crippen LogP contribution in [0.15, 0.2) is 36.9 Å². The fourth-order valence-electron chi connectivity index (χ4n) is 2.09. The van der Waals surface area contributed by atoms with Crippen LogP contribution in [0, 0.1) is 5.92 Å². The zero-order valence-corrected chi connectivity index (χ0v) is 9.45. The van der Waals surface area contributed by atoms with Gasteiger partial charge in [0.05, 0.1) is 0 Å². The summed E-state index contributed by atoms with van der Waals surface area (Å²) in [6.45, 7) is 8.86. The average molecular weight is 201 g/mol. The summed E-state index contributed by atoms with van der Waals surface area (Å²) in [4.78, 5) is 2.41. The van der Waals surface area contributed by atoms with Crippen molar-refractivity contribution in [3.05, 3.63) is 42.5 Å². The first-order valence-corrected chi connectivity index (χ1v) is 5.76. The molecule has 0 unspecified atom stereocenters. The lowest BCUT2D eigenvalue weighted by atomic mass is 9.98. The second-order valence-corrected chi connectivity index (χ2v) is 4.48. The summed E-state index contributed by atoms with van der Waals surface area (Å²) >= 11 is 0. The molecule has 0 N–H and O–H groups in total. The molecule has 1 saturated heterocycles. The first-order chi connectivity index (χ1) is 7.27. The third kappa shape index (κ3) is 2.41. The summed E-state index contributed by atoms with van der Waals surface area (Å²) in [6.07, 6.45) is 2.59. The van der Waals surface area contributed by atoms with Crippen molar-refractivity contribution in [3.63, 3.8) is 0 Å². The topological polar surface area (TPSA) is 3.24 Å². The molecule has 0 bridgehead atoms. The van der Waals surface area contributed by atoms with Crippen LogP contribution in [0.3, 0.4) is 0 Å². The molecule has 2 rings (SSSR count). The first kappa shape index (κ1) is 10.3. The number of likely N-dealkylation sites (tertiary alicyclic amines) is 1. The van der Waals surface area contributed by atoms with Crippen molar-refractivity contribution in [2.45, 2.75) is 19.8 Å². The summed E-state index contributed by atoms with van der Waals surface area (Å²) in [5.74, 6) is 0.879. The maximum Gasteiger partial charge on any atom is 0.0366 e. The van der Waals surface area contributed by atoms with Crippen molar-refractivity contribution in [3.8, 4) is 0 Å². The van der Waals surface area contributed by atoms with Crippen molar-refractivity contribution in [2.24, 2.45) is 5.92 Å². The van der Waals surface area contributed by atoms with E-state index in [-0.39, 0.29) is 0 Å². The number of hydrogen-bond acceptors (Lipinski definition) is 1. The van der Waals surface area contributed by atoms with E-state index in [2.05, 4.69) is 48.7 Å². The lowest BCUT2D eigenvalue weighted by Gasteiger charge is -2.33. The number of rotatable bonds is 2. The lowest BCUT2D eigenvalue weighted by Crippen LogP contribution is -2.31. The molecule has 1 fully saturated rings. The molecular formula is C14H19N. The molecule has 1 heteroatoms. The molecule has 1 aliphatic rings. The average Bonchev–Trinajstić information content (AvgIpc) is 2.30. The Morgan fingerprint density at radius 2 is 1.80 bits per heavy atom. The van der Waals surface area contributed by atoms with Gasteiger partial charge in [0.1, 0.15) is 0 Å². The van der Waals surface area contributed by atoms with Crippen molar-refractivity contribution < 1.29 is 0 Å². The molecule has 80 valence electrons. The summed E-state index contributed by atoms with van der Waals surface area (Å²) in [5.41, 5.74) is 2.44. The first-order valence-electron chi connectivity index (χ1n) is 5.76. The van der Waals surface area contributed by atoms with E-state index in [1.165, 1.54) is 24.1 Å². The highest BCUT2D eigenvalue weighted by atomic mass is 15.1. The minimum absolute atomic E-state index is 0.879. The standard InChI is InChI=1S/C14H19N/c1-12-8-10-15(11-9-12)13(2)14-6-4-3-5-7-14/h3-7,12H,2,8-11H2,1H3. The number of hydrogen-bond donors (Lipinski definition) is 0. The van der Waals surface area contributed by atoms with E-state index in [4.69, 9.17) is 0 Å². The molecule has 1 aromatic rings. The third-order valence-electron chi connectivity index (χ3n) is 3.27. The number of benzene rings is 1. The van der Waals surface area contributed by atoms with Gasteiger partial charge in [-0.3, -0.25) is 0 Å². The van der Waals surface area contributed by atoms with Crippen LogP contribution in [-0.4, -0.2) is 18.0 Å². The Labute approximate surface area is 92.4 Å². The van der Waals surface area contributed by atoms with E-state index in [9.17, 15) is 0 Å². The Hall–Kier alpha value is -1.24. The molecule has 0 aliphatic carbocycles. The van der Waals surface area contributed by atoms with E-state index >= 15 is 0 Å². The minimum Gasteiger partial charge on any atom is -0.372 e. The predicted octanol–water partition coefficient (Wildman–Crippen LogP) is 3.39. The van der Waals surface area contributed by atoms with Crippen LogP contribution in [-0.2, 0) is 0 Å². The fraction of sp³-hybridized carbons (Fsp3) is 0.429. The molecule has 0 aromatic heterocycles. The molecule has 1 nitrogen and oxygen atoms in total. The second kappa shape index (κ2) is 4.52. The van der Waals surface area contributed by atoms with Gasteiger partial charge in [0, 0.05) is 18.8 Å². The van der Waals surface area contributed by atoms with Gasteiger partial charge in [-0.15, -0.1) is 0 Å². The highest BCUT2D eigenvalue weighted by molar-refractivity contribution is 5.61. The van der Waals surface area contributed by atoms with Crippen LogP contribution in [0.25, 0.3) is 5.70 Å². The molecule has 1 aromatic carbocycles. The van der Waals surface area contributed by atoms with Gasteiger partial charge in [0.15, 0.2) is 0 Å². The normalized spacial score (nSPS) is 17.8. The molecule has 0 radical (unpaired) electrons. The van der Waals surface area contributed by atoms with Gasteiger partial charge in [-0.05, 0) is 24.3 Å². The largest absolute Gasteiger partial charge is 0.372 e. The molecule has 0 atom stereocenters. The Morgan fingerprint density at radius 3 is 2.40 bits per heavy atom. The summed E-state index contributed by atoms with van der Waals surface area (Å²) in [6, 6.07) is 10.5. The zero-order valence-electron chi connectivity index (χ0n) is 9.45. The Kier molecular flexibility index (Phi) is 3.10. The Bertz CT molecular complexity index is 320. The molecule has 0 amide bonds. The van der Waals surface area contributed by atoms with Crippen molar-refractivity contribution in [2.75, 3.05) is 13.1 Å². The Balaban J connectivity index is 2.03.